The van der Waals surface area contributed by atoms with Gasteiger partial charge < -0.3 is 4.74 Å². The van der Waals surface area contributed by atoms with E-state index in [2.05, 4.69) is 11.1 Å². The van der Waals surface area contributed by atoms with Crippen molar-refractivity contribution < 1.29 is 14.3 Å². The van der Waals surface area contributed by atoms with Crippen LogP contribution in [-0.2, 0) is 21.5 Å². The zero-order chi connectivity index (χ0) is 16.7. The van der Waals surface area contributed by atoms with Crippen molar-refractivity contribution in [1.29, 1.82) is 0 Å². The normalized spacial score (nSPS) is 18.7. The summed E-state index contributed by atoms with van der Waals surface area (Å²) >= 11 is 0. The monoisotopic (exact) mass is 314 g/mol. The molecule has 5 heteroatoms. The number of anilines is 1. The molecule has 0 saturated heterocycles. The van der Waals surface area contributed by atoms with E-state index in [1.54, 1.807) is 11.0 Å². The molecule has 0 N–H and O–H groups in total. The summed E-state index contributed by atoms with van der Waals surface area (Å²) in [5, 5.41) is 0. The second-order valence-electron chi connectivity index (χ2n) is 7.31. The maximum absolute atomic E-state index is 12.4. The Hall–Kier alpha value is -2.13. The molecule has 1 heterocycles. The fourth-order valence-corrected chi connectivity index (χ4v) is 3.06. The van der Waals surface area contributed by atoms with E-state index in [0.29, 0.717) is 6.54 Å². The van der Waals surface area contributed by atoms with Gasteiger partial charge in [0.15, 0.2) is 0 Å². The lowest BCUT2D eigenvalue weighted by Gasteiger charge is -2.32. The van der Waals surface area contributed by atoms with Crippen LogP contribution in [0.15, 0.2) is 23.2 Å². The quantitative estimate of drug-likeness (QED) is 0.618. The molecule has 1 amide bonds. The standard InChI is InChI=1S/C18H22N2O3/c1-17(2,3)23-16(22)20-10-4-5-13-11-14(6-7-15(13)20)18(8-9-18)19-12-21/h6-7,11H,4-5,8-10H2,1-3H3. The average molecular weight is 314 g/mol. The molecule has 1 aromatic rings. The number of aryl methyl sites for hydroxylation is 1. The van der Waals surface area contributed by atoms with Gasteiger partial charge in [0, 0.05) is 6.54 Å². The first-order valence-corrected chi connectivity index (χ1v) is 8.08. The van der Waals surface area contributed by atoms with E-state index >= 15 is 0 Å². The number of hydrogen-bond acceptors (Lipinski definition) is 4. The van der Waals surface area contributed by atoms with Crippen LogP contribution in [0.1, 0.15) is 51.2 Å². The molecule has 0 unspecified atom stereocenters. The average Bonchev–Trinajstić information content (AvgIpc) is 3.25. The van der Waals surface area contributed by atoms with Crippen molar-refractivity contribution >= 4 is 17.9 Å². The summed E-state index contributed by atoms with van der Waals surface area (Å²) in [5.41, 5.74) is 2.19. The number of aliphatic imine (C=N–C) groups is 1. The van der Waals surface area contributed by atoms with Gasteiger partial charge in [-0.15, -0.1) is 0 Å². The Morgan fingerprint density at radius 3 is 2.70 bits per heavy atom. The van der Waals surface area contributed by atoms with Crippen molar-refractivity contribution in [3.63, 3.8) is 0 Å². The van der Waals surface area contributed by atoms with E-state index in [0.717, 1.165) is 42.5 Å². The molecule has 0 bridgehead atoms. The van der Waals surface area contributed by atoms with Gasteiger partial charge in [-0.25, -0.2) is 9.59 Å². The molecule has 1 aliphatic heterocycles. The zero-order valence-electron chi connectivity index (χ0n) is 13.9. The van der Waals surface area contributed by atoms with Gasteiger partial charge in [-0.2, -0.15) is 4.99 Å². The van der Waals surface area contributed by atoms with Gasteiger partial charge in [0.1, 0.15) is 5.60 Å². The molecule has 0 atom stereocenters. The minimum atomic E-state index is -0.509. The Labute approximate surface area is 136 Å². The van der Waals surface area contributed by atoms with Gasteiger partial charge in [0.2, 0.25) is 6.08 Å². The van der Waals surface area contributed by atoms with Crippen LogP contribution in [0.2, 0.25) is 0 Å². The molecule has 2 aliphatic rings. The molecule has 3 rings (SSSR count). The molecule has 1 fully saturated rings. The van der Waals surface area contributed by atoms with E-state index in [9.17, 15) is 9.59 Å². The molecule has 0 aromatic heterocycles. The number of fused-ring (bicyclic) bond motifs is 1. The lowest BCUT2D eigenvalue weighted by Crippen LogP contribution is -2.39. The highest BCUT2D eigenvalue weighted by Crippen LogP contribution is 2.50. The molecular weight excluding hydrogens is 292 g/mol. The highest BCUT2D eigenvalue weighted by Gasteiger charge is 2.45. The topological polar surface area (TPSA) is 59.0 Å². The number of isocyanates is 1. The number of carbonyl (C=O) groups is 1. The molecule has 5 nitrogen and oxygen atoms in total. The van der Waals surface area contributed by atoms with E-state index < -0.39 is 5.60 Å². The van der Waals surface area contributed by atoms with Crippen LogP contribution in [0, 0.1) is 0 Å². The smallest absolute Gasteiger partial charge is 0.414 e. The number of rotatable bonds is 2. The van der Waals surface area contributed by atoms with Crippen molar-refractivity contribution in [3.05, 3.63) is 29.3 Å². The van der Waals surface area contributed by atoms with Gasteiger partial charge in [-0.3, -0.25) is 4.90 Å². The predicted molar refractivity (Wildman–Crippen MR) is 87.4 cm³/mol. The number of benzene rings is 1. The highest BCUT2D eigenvalue weighted by atomic mass is 16.6. The van der Waals surface area contributed by atoms with Crippen molar-refractivity contribution in [2.75, 3.05) is 11.4 Å². The molecule has 122 valence electrons. The minimum Gasteiger partial charge on any atom is -0.443 e. The summed E-state index contributed by atoms with van der Waals surface area (Å²) in [7, 11) is 0. The Balaban J connectivity index is 1.89. The van der Waals surface area contributed by atoms with E-state index in [-0.39, 0.29) is 11.6 Å². The molecule has 1 saturated carbocycles. The predicted octanol–water partition coefficient (Wildman–Crippen LogP) is 3.70. The second kappa shape index (κ2) is 5.50. The lowest BCUT2D eigenvalue weighted by molar-refractivity contribution is 0.0578. The van der Waals surface area contributed by atoms with E-state index in [1.807, 2.05) is 32.9 Å². The van der Waals surface area contributed by atoms with Crippen molar-refractivity contribution in [2.45, 2.75) is 57.6 Å². The number of nitrogens with zero attached hydrogens (tertiary/aromatic N) is 2. The highest BCUT2D eigenvalue weighted by molar-refractivity contribution is 5.89. The van der Waals surface area contributed by atoms with Gasteiger partial charge >= 0.3 is 6.09 Å². The second-order valence-corrected chi connectivity index (χ2v) is 7.31. The van der Waals surface area contributed by atoms with E-state index in [4.69, 9.17) is 4.74 Å². The molecule has 0 spiro atoms. The summed E-state index contributed by atoms with van der Waals surface area (Å²) in [6.07, 6.45) is 4.98. The zero-order valence-corrected chi connectivity index (χ0v) is 13.9. The largest absolute Gasteiger partial charge is 0.443 e. The van der Waals surface area contributed by atoms with Crippen molar-refractivity contribution in [2.24, 2.45) is 4.99 Å². The van der Waals surface area contributed by atoms with Crippen LogP contribution >= 0.6 is 0 Å². The van der Waals surface area contributed by atoms with Gasteiger partial charge in [0.25, 0.3) is 0 Å². The number of amides is 1. The fourth-order valence-electron chi connectivity index (χ4n) is 3.06. The molecule has 23 heavy (non-hydrogen) atoms. The Bertz CT molecular complexity index is 680. The maximum atomic E-state index is 12.4. The van der Waals surface area contributed by atoms with Gasteiger partial charge in [0.05, 0.1) is 11.2 Å². The third kappa shape index (κ3) is 3.15. The summed E-state index contributed by atoms with van der Waals surface area (Å²) in [5.74, 6) is 0. The molecule has 0 radical (unpaired) electrons. The Morgan fingerprint density at radius 2 is 2.09 bits per heavy atom. The van der Waals surface area contributed by atoms with Crippen LogP contribution in [0.4, 0.5) is 10.5 Å². The Kier molecular flexibility index (Phi) is 3.77. The molecule has 1 aromatic carbocycles. The van der Waals surface area contributed by atoms with Gasteiger partial charge in [-0.05, 0) is 63.6 Å². The number of hydrogen-bond donors (Lipinski definition) is 0. The van der Waals surface area contributed by atoms with Crippen LogP contribution in [-0.4, -0.2) is 24.3 Å². The summed E-state index contributed by atoms with van der Waals surface area (Å²) < 4.78 is 5.50. The molecule has 1 aliphatic carbocycles. The first kappa shape index (κ1) is 15.8. The van der Waals surface area contributed by atoms with E-state index in [1.165, 1.54) is 0 Å². The summed E-state index contributed by atoms with van der Waals surface area (Å²) in [6.45, 7) is 6.27. The third-order valence-corrected chi connectivity index (χ3v) is 4.33. The van der Waals surface area contributed by atoms with Crippen molar-refractivity contribution in [3.8, 4) is 0 Å². The van der Waals surface area contributed by atoms with Crippen LogP contribution in [0.3, 0.4) is 0 Å². The number of ether oxygens (including phenoxy) is 1. The van der Waals surface area contributed by atoms with Crippen LogP contribution in [0.25, 0.3) is 0 Å². The van der Waals surface area contributed by atoms with Crippen LogP contribution in [0.5, 0.6) is 0 Å². The lowest BCUT2D eigenvalue weighted by atomic mass is 9.95. The van der Waals surface area contributed by atoms with Crippen molar-refractivity contribution in [1.82, 2.24) is 0 Å². The SMILES string of the molecule is CC(C)(C)OC(=O)N1CCCc2cc(C3(N=C=O)CC3)ccc21. The Morgan fingerprint density at radius 1 is 1.35 bits per heavy atom. The van der Waals surface area contributed by atoms with Crippen LogP contribution < -0.4 is 4.90 Å². The summed E-state index contributed by atoms with van der Waals surface area (Å²) in [6, 6.07) is 6.00. The first-order valence-electron chi connectivity index (χ1n) is 8.08. The molecular formula is C18H22N2O3. The maximum Gasteiger partial charge on any atom is 0.414 e. The fraction of sp³-hybridized carbons (Fsp3) is 0.556. The first-order chi connectivity index (χ1) is 10.8. The minimum absolute atomic E-state index is 0.307. The van der Waals surface area contributed by atoms with Gasteiger partial charge in [-0.1, -0.05) is 12.1 Å². The third-order valence-electron chi connectivity index (χ3n) is 4.33. The number of carbonyl (C=O) groups excluding carboxylic acids is 2. The summed E-state index contributed by atoms with van der Waals surface area (Å²) in [4.78, 5) is 28.7.